The zero-order valence-corrected chi connectivity index (χ0v) is 24.4. The Kier molecular flexibility index (Phi) is 7.03. The fourth-order valence-electron chi connectivity index (χ4n) is 9.38. The molecular weight excluding hydrogens is 523 g/mol. The predicted molar refractivity (Wildman–Crippen MR) is 154 cm³/mol. The summed E-state index contributed by atoms with van der Waals surface area (Å²) >= 11 is 0. The molecule has 218 valence electrons. The SMILES string of the molecule is CCC(=O)[C@@]1(C#CC(F)(F)F)CC[C@H]2[C@@H]3CC(C)C4=CC(=O)CCC4=C3[C@@H](c3ccc(N4CCCC4)cc3)C[C@@]21C. The average Bonchev–Trinajstić information content (AvgIpc) is 3.58. The number of hydrogen-bond donors (Lipinski definition) is 0. The van der Waals surface area contributed by atoms with Crippen molar-refractivity contribution in [2.24, 2.45) is 28.6 Å². The third-order valence-corrected chi connectivity index (χ3v) is 11.3. The van der Waals surface area contributed by atoms with Crippen molar-refractivity contribution in [3.63, 3.8) is 0 Å². The fourth-order valence-corrected chi connectivity index (χ4v) is 9.38. The van der Waals surface area contributed by atoms with Gasteiger partial charge < -0.3 is 4.90 Å². The molecule has 0 aromatic heterocycles. The Hall–Kier alpha value is -2.81. The van der Waals surface area contributed by atoms with Crippen LogP contribution in [-0.4, -0.2) is 30.8 Å². The minimum absolute atomic E-state index is 0.0252. The molecule has 0 N–H and O–H groups in total. The van der Waals surface area contributed by atoms with Crippen LogP contribution >= 0.6 is 0 Å². The molecule has 1 saturated heterocycles. The van der Waals surface area contributed by atoms with Gasteiger partial charge >= 0.3 is 6.18 Å². The molecule has 6 heteroatoms. The lowest BCUT2D eigenvalue weighted by Gasteiger charge is -2.55. The molecule has 1 aliphatic heterocycles. The molecule has 4 aliphatic carbocycles. The maximum atomic E-state index is 13.7. The van der Waals surface area contributed by atoms with E-state index >= 15 is 0 Å². The van der Waals surface area contributed by atoms with Gasteiger partial charge in [0.2, 0.25) is 0 Å². The van der Waals surface area contributed by atoms with Crippen LogP contribution < -0.4 is 4.90 Å². The van der Waals surface area contributed by atoms with E-state index in [1.54, 1.807) is 12.8 Å². The van der Waals surface area contributed by atoms with E-state index in [0.717, 1.165) is 37.1 Å². The highest BCUT2D eigenvalue weighted by Crippen LogP contribution is 2.70. The molecule has 3 fully saturated rings. The second-order valence-electron chi connectivity index (χ2n) is 13.3. The van der Waals surface area contributed by atoms with Crippen molar-refractivity contribution in [3.8, 4) is 11.8 Å². The first-order valence-electron chi connectivity index (χ1n) is 15.4. The molecule has 1 heterocycles. The number of Topliss-reactive ketones (excluding diaryl/α,β-unsaturated/α-hetero) is 1. The Morgan fingerprint density at radius 2 is 1.83 bits per heavy atom. The highest BCUT2D eigenvalue weighted by molar-refractivity contribution is 5.93. The molecule has 41 heavy (non-hydrogen) atoms. The summed E-state index contributed by atoms with van der Waals surface area (Å²) in [5, 5.41) is 0. The molecule has 6 rings (SSSR count). The number of benzene rings is 1. The molecule has 2 saturated carbocycles. The molecular formula is C35H40F3NO2. The molecule has 5 aliphatic rings. The molecule has 3 nitrogen and oxygen atoms in total. The Bertz CT molecular complexity index is 1370. The topological polar surface area (TPSA) is 37.4 Å². The number of alkyl halides is 3. The average molecular weight is 564 g/mol. The van der Waals surface area contributed by atoms with Crippen LogP contribution in [0.25, 0.3) is 0 Å². The predicted octanol–water partition coefficient (Wildman–Crippen LogP) is 7.96. The lowest BCUT2D eigenvalue weighted by molar-refractivity contribution is -0.132. The van der Waals surface area contributed by atoms with Crippen LogP contribution in [0.1, 0.15) is 90.0 Å². The minimum Gasteiger partial charge on any atom is -0.372 e. The number of anilines is 1. The second kappa shape index (κ2) is 10.2. The van der Waals surface area contributed by atoms with Crippen LogP contribution in [0.15, 0.2) is 47.1 Å². The van der Waals surface area contributed by atoms with E-state index in [1.165, 1.54) is 29.7 Å². The lowest BCUT2D eigenvalue weighted by atomic mass is 9.47. The summed E-state index contributed by atoms with van der Waals surface area (Å²) in [4.78, 5) is 28.6. The Morgan fingerprint density at radius 3 is 2.49 bits per heavy atom. The summed E-state index contributed by atoms with van der Waals surface area (Å²) in [6.45, 7) is 8.10. The summed E-state index contributed by atoms with van der Waals surface area (Å²) in [5.41, 5.74) is 4.19. The molecule has 1 unspecified atom stereocenters. The molecule has 1 aromatic rings. The molecule has 0 amide bonds. The second-order valence-corrected chi connectivity index (χ2v) is 13.3. The smallest absolute Gasteiger partial charge is 0.372 e. The van der Waals surface area contributed by atoms with E-state index in [1.807, 2.05) is 6.08 Å². The monoisotopic (exact) mass is 563 g/mol. The maximum Gasteiger partial charge on any atom is 0.457 e. The van der Waals surface area contributed by atoms with E-state index in [-0.39, 0.29) is 41.7 Å². The van der Waals surface area contributed by atoms with E-state index in [0.29, 0.717) is 25.7 Å². The van der Waals surface area contributed by atoms with Crippen molar-refractivity contribution in [2.75, 3.05) is 18.0 Å². The summed E-state index contributed by atoms with van der Waals surface area (Å²) in [5.74, 6) is 4.60. The first-order valence-corrected chi connectivity index (χ1v) is 15.4. The number of halogens is 3. The van der Waals surface area contributed by atoms with Gasteiger partial charge in [0, 0.05) is 43.5 Å². The van der Waals surface area contributed by atoms with Gasteiger partial charge in [-0.05, 0) is 103 Å². The first kappa shape index (κ1) is 28.3. The molecule has 6 atom stereocenters. The van der Waals surface area contributed by atoms with Crippen molar-refractivity contribution in [1.82, 2.24) is 0 Å². The lowest BCUT2D eigenvalue weighted by Crippen LogP contribution is -2.51. The molecule has 0 spiro atoms. The highest BCUT2D eigenvalue weighted by Gasteiger charge is 2.65. The van der Waals surface area contributed by atoms with Gasteiger partial charge in [-0.3, -0.25) is 9.59 Å². The summed E-state index contributed by atoms with van der Waals surface area (Å²) < 4.78 is 40.5. The minimum atomic E-state index is -4.64. The molecule has 1 aromatic carbocycles. The first-order chi connectivity index (χ1) is 19.5. The Balaban J connectivity index is 1.51. The number of carbonyl (C=O) groups excluding carboxylic acids is 2. The van der Waals surface area contributed by atoms with Crippen LogP contribution in [0.4, 0.5) is 18.9 Å². The van der Waals surface area contributed by atoms with Crippen LogP contribution in [0.5, 0.6) is 0 Å². The fraction of sp³-hybridized carbons (Fsp3) is 0.600. The van der Waals surface area contributed by atoms with Gasteiger partial charge in [0.15, 0.2) is 11.6 Å². The van der Waals surface area contributed by atoms with Gasteiger partial charge in [0.25, 0.3) is 0 Å². The van der Waals surface area contributed by atoms with Crippen LogP contribution in [0.3, 0.4) is 0 Å². The summed E-state index contributed by atoms with van der Waals surface area (Å²) in [6, 6.07) is 8.76. The third kappa shape index (κ3) is 4.59. The van der Waals surface area contributed by atoms with Crippen LogP contribution in [0, 0.1) is 40.4 Å². The van der Waals surface area contributed by atoms with Crippen molar-refractivity contribution in [1.29, 1.82) is 0 Å². The number of nitrogens with zero attached hydrogens (tertiary/aromatic N) is 1. The van der Waals surface area contributed by atoms with Gasteiger partial charge in [-0.15, -0.1) is 0 Å². The molecule has 0 radical (unpaired) electrons. The van der Waals surface area contributed by atoms with E-state index < -0.39 is 17.0 Å². The summed E-state index contributed by atoms with van der Waals surface area (Å²) in [7, 11) is 0. The van der Waals surface area contributed by atoms with E-state index in [2.05, 4.69) is 48.9 Å². The number of carbonyl (C=O) groups is 2. The Labute approximate surface area is 241 Å². The van der Waals surface area contributed by atoms with Crippen molar-refractivity contribution in [2.45, 2.75) is 90.7 Å². The van der Waals surface area contributed by atoms with Gasteiger partial charge in [0.1, 0.15) is 0 Å². The largest absolute Gasteiger partial charge is 0.457 e. The van der Waals surface area contributed by atoms with Crippen LogP contribution in [-0.2, 0) is 9.59 Å². The van der Waals surface area contributed by atoms with E-state index in [9.17, 15) is 22.8 Å². The van der Waals surface area contributed by atoms with Crippen molar-refractivity contribution in [3.05, 3.63) is 52.6 Å². The van der Waals surface area contributed by atoms with Crippen molar-refractivity contribution >= 4 is 17.3 Å². The quantitative estimate of drug-likeness (QED) is 0.349. The number of ketones is 2. The van der Waals surface area contributed by atoms with Crippen LogP contribution in [0.2, 0.25) is 0 Å². The van der Waals surface area contributed by atoms with E-state index in [4.69, 9.17) is 0 Å². The Morgan fingerprint density at radius 1 is 1.12 bits per heavy atom. The normalized spacial score (nSPS) is 34.8. The summed E-state index contributed by atoms with van der Waals surface area (Å²) in [6.07, 6.45) is 3.50. The van der Waals surface area contributed by atoms with Gasteiger partial charge in [-0.2, -0.15) is 13.2 Å². The molecule has 0 bridgehead atoms. The number of rotatable bonds is 4. The zero-order chi connectivity index (χ0) is 29.2. The number of hydrogen-bond acceptors (Lipinski definition) is 3. The highest BCUT2D eigenvalue weighted by atomic mass is 19.4. The van der Waals surface area contributed by atoms with Gasteiger partial charge in [0.05, 0.1) is 5.41 Å². The maximum absolute atomic E-state index is 13.7. The van der Waals surface area contributed by atoms with Gasteiger partial charge in [-0.25, -0.2) is 0 Å². The zero-order valence-electron chi connectivity index (χ0n) is 24.4. The third-order valence-electron chi connectivity index (χ3n) is 11.3. The number of allylic oxidation sites excluding steroid dienone is 4. The standard InChI is InChI=1S/C35H40F3NO2/c1-4-31(41)34(15-16-35(36,37)38)14-13-30-28-19-22(2)27-20-25(40)11-12-26(27)32(28)29(21-33(30,34)3)23-7-9-24(10-8-23)39-17-5-6-18-39/h7-10,20,22,28-30H,4-6,11-14,17-19,21H2,1-3H3/t22?,28-,29+,30-,33-,34-/m0/s1. The van der Waals surface area contributed by atoms with Gasteiger partial charge in [-0.1, -0.05) is 44.4 Å². The van der Waals surface area contributed by atoms with Crippen molar-refractivity contribution < 1.29 is 22.8 Å². The number of fused-ring (bicyclic) bond motifs is 4.